The highest BCUT2D eigenvalue weighted by atomic mass is 16.5. The molecule has 2 aromatic rings. The van der Waals surface area contributed by atoms with Crippen LogP contribution in [0, 0.1) is 5.41 Å². The van der Waals surface area contributed by atoms with E-state index in [1.165, 1.54) is 5.56 Å². The molecular weight excluding hydrogens is 276 g/mol. The summed E-state index contributed by atoms with van der Waals surface area (Å²) in [5, 5.41) is 3.65. The first-order valence-corrected chi connectivity index (χ1v) is 7.89. The molecule has 0 spiro atoms. The molecule has 2 aromatic heterocycles. The fourth-order valence-corrected chi connectivity index (χ4v) is 3.06. The molecule has 0 aromatic carbocycles. The zero-order valence-corrected chi connectivity index (χ0v) is 13.5. The van der Waals surface area contributed by atoms with Crippen LogP contribution in [0.5, 0.6) is 0 Å². The second-order valence-corrected chi connectivity index (χ2v) is 6.43. The summed E-state index contributed by atoms with van der Waals surface area (Å²) in [6, 6.07) is 4.65. The van der Waals surface area contributed by atoms with E-state index in [4.69, 9.17) is 4.74 Å². The predicted octanol–water partition coefficient (Wildman–Crippen LogP) is 2.56. The second-order valence-electron chi connectivity index (χ2n) is 6.43. The van der Waals surface area contributed by atoms with Gasteiger partial charge in [-0.3, -0.25) is 4.57 Å². The van der Waals surface area contributed by atoms with Crippen molar-refractivity contribution in [3.05, 3.63) is 42.6 Å². The SMILES string of the molecule is CCO[C@H]1C[C@H](NCc2ccnc(-n3ccnc3)c2)C1(C)C. The summed E-state index contributed by atoms with van der Waals surface area (Å²) < 4.78 is 7.70. The maximum absolute atomic E-state index is 5.78. The normalized spacial score (nSPS) is 23.2. The molecule has 1 fully saturated rings. The van der Waals surface area contributed by atoms with Crippen molar-refractivity contribution in [1.29, 1.82) is 0 Å². The van der Waals surface area contributed by atoms with E-state index in [1.54, 1.807) is 12.5 Å². The van der Waals surface area contributed by atoms with Crippen molar-refractivity contribution in [3.8, 4) is 5.82 Å². The Kier molecular flexibility index (Phi) is 4.27. The number of pyridine rings is 1. The second kappa shape index (κ2) is 6.18. The lowest BCUT2D eigenvalue weighted by Crippen LogP contribution is -2.60. The molecule has 2 heterocycles. The fourth-order valence-electron chi connectivity index (χ4n) is 3.06. The molecule has 0 saturated heterocycles. The topological polar surface area (TPSA) is 52.0 Å². The van der Waals surface area contributed by atoms with Crippen molar-refractivity contribution in [2.24, 2.45) is 5.41 Å². The van der Waals surface area contributed by atoms with Crippen LogP contribution in [0.4, 0.5) is 0 Å². The highest BCUT2D eigenvalue weighted by Gasteiger charge is 2.48. The lowest BCUT2D eigenvalue weighted by molar-refractivity contribution is -0.114. The summed E-state index contributed by atoms with van der Waals surface area (Å²) in [6.07, 6.45) is 8.73. The van der Waals surface area contributed by atoms with Gasteiger partial charge in [0.1, 0.15) is 12.1 Å². The third kappa shape index (κ3) is 2.91. The molecule has 0 bridgehead atoms. The minimum Gasteiger partial charge on any atom is -0.378 e. The average Bonchev–Trinajstić information content (AvgIpc) is 3.05. The van der Waals surface area contributed by atoms with Gasteiger partial charge in [0, 0.05) is 43.2 Å². The molecule has 0 radical (unpaired) electrons. The van der Waals surface area contributed by atoms with E-state index in [1.807, 2.05) is 17.0 Å². The van der Waals surface area contributed by atoms with Crippen molar-refractivity contribution in [3.63, 3.8) is 0 Å². The Morgan fingerprint density at radius 2 is 2.27 bits per heavy atom. The summed E-state index contributed by atoms with van der Waals surface area (Å²) >= 11 is 0. The number of nitrogens with one attached hydrogen (secondary N) is 1. The number of ether oxygens (including phenoxy) is 1. The van der Waals surface area contributed by atoms with Gasteiger partial charge in [0.05, 0.1) is 6.10 Å². The molecule has 22 heavy (non-hydrogen) atoms. The molecule has 5 nitrogen and oxygen atoms in total. The first kappa shape index (κ1) is 15.2. The standard InChI is InChI=1S/C17H24N4O/c1-4-22-15-10-14(17(15,2)3)20-11-13-5-6-19-16(9-13)21-8-7-18-12-21/h5-9,12,14-15,20H,4,10-11H2,1-3H3/t14-,15-/m0/s1. The van der Waals surface area contributed by atoms with Crippen LogP contribution in [-0.2, 0) is 11.3 Å². The van der Waals surface area contributed by atoms with E-state index in [0.717, 1.165) is 25.4 Å². The largest absolute Gasteiger partial charge is 0.378 e. The first-order chi connectivity index (χ1) is 10.6. The van der Waals surface area contributed by atoms with Gasteiger partial charge in [-0.25, -0.2) is 9.97 Å². The van der Waals surface area contributed by atoms with Crippen molar-refractivity contribution >= 4 is 0 Å². The number of imidazole rings is 1. The number of hydrogen-bond acceptors (Lipinski definition) is 4. The van der Waals surface area contributed by atoms with E-state index in [9.17, 15) is 0 Å². The number of hydrogen-bond donors (Lipinski definition) is 1. The van der Waals surface area contributed by atoms with Gasteiger partial charge in [-0.2, -0.15) is 0 Å². The van der Waals surface area contributed by atoms with Crippen LogP contribution in [-0.4, -0.2) is 33.3 Å². The van der Waals surface area contributed by atoms with Crippen LogP contribution in [0.25, 0.3) is 5.82 Å². The van der Waals surface area contributed by atoms with E-state index < -0.39 is 0 Å². The Balaban J connectivity index is 1.60. The third-order valence-corrected chi connectivity index (χ3v) is 4.68. The Bertz CT molecular complexity index is 609. The van der Waals surface area contributed by atoms with Gasteiger partial charge in [-0.05, 0) is 31.0 Å². The summed E-state index contributed by atoms with van der Waals surface area (Å²) in [6.45, 7) is 8.25. The smallest absolute Gasteiger partial charge is 0.138 e. The van der Waals surface area contributed by atoms with Gasteiger partial charge < -0.3 is 10.1 Å². The van der Waals surface area contributed by atoms with E-state index in [2.05, 4.69) is 48.2 Å². The van der Waals surface area contributed by atoms with Crippen LogP contribution in [0.2, 0.25) is 0 Å². The molecule has 5 heteroatoms. The van der Waals surface area contributed by atoms with Gasteiger partial charge in [0.15, 0.2) is 0 Å². The number of aromatic nitrogens is 3. The van der Waals surface area contributed by atoms with E-state index in [0.29, 0.717) is 12.1 Å². The summed E-state index contributed by atoms with van der Waals surface area (Å²) in [7, 11) is 0. The predicted molar refractivity (Wildman–Crippen MR) is 85.8 cm³/mol. The van der Waals surface area contributed by atoms with Crippen LogP contribution in [0.1, 0.15) is 32.8 Å². The van der Waals surface area contributed by atoms with E-state index >= 15 is 0 Å². The minimum atomic E-state index is 0.191. The van der Waals surface area contributed by atoms with Crippen molar-refractivity contribution in [2.75, 3.05) is 6.61 Å². The van der Waals surface area contributed by atoms with Crippen LogP contribution in [0.3, 0.4) is 0 Å². The van der Waals surface area contributed by atoms with E-state index in [-0.39, 0.29) is 5.41 Å². The minimum absolute atomic E-state index is 0.191. The Labute approximate surface area is 131 Å². The monoisotopic (exact) mass is 300 g/mol. The Morgan fingerprint density at radius 3 is 2.95 bits per heavy atom. The van der Waals surface area contributed by atoms with Gasteiger partial charge in [0.25, 0.3) is 0 Å². The highest BCUT2D eigenvalue weighted by Crippen LogP contribution is 2.42. The first-order valence-electron chi connectivity index (χ1n) is 7.89. The molecule has 0 aliphatic heterocycles. The summed E-state index contributed by atoms with van der Waals surface area (Å²) in [4.78, 5) is 8.45. The summed E-state index contributed by atoms with van der Waals surface area (Å²) in [5.41, 5.74) is 1.42. The Morgan fingerprint density at radius 1 is 1.41 bits per heavy atom. The fraction of sp³-hybridized carbons (Fsp3) is 0.529. The molecular formula is C17H24N4O. The molecule has 3 rings (SSSR count). The molecule has 1 saturated carbocycles. The maximum atomic E-state index is 5.78. The van der Waals surface area contributed by atoms with Crippen LogP contribution >= 0.6 is 0 Å². The van der Waals surface area contributed by atoms with Gasteiger partial charge >= 0.3 is 0 Å². The molecule has 2 atom stereocenters. The molecule has 1 aliphatic carbocycles. The molecule has 0 unspecified atom stereocenters. The lowest BCUT2D eigenvalue weighted by atomic mass is 9.64. The Hall–Kier alpha value is -1.72. The summed E-state index contributed by atoms with van der Waals surface area (Å²) in [5.74, 6) is 0.900. The van der Waals surface area contributed by atoms with Gasteiger partial charge in [-0.15, -0.1) is 0 Å². The average molecular weight is 300 g/mol. The highest BCUT2D eigenvalue weighted by molar-refractivity contribution is 5.27. The molecule has 1 aliphatic rings. The van der Waals surface area contributed by atoms with Crippen molar-refractivity contribution in [2.45, 2.75) is 45.9 Å². The quantitative estimate of drug-likeness (QED) is 0.891. The molecule has 0 amide bonds. The number of rotatable bonds is 6. The zero-order chi connectivity index (χ0) is 15.6. The maximum Gasteiger partial charge on any atom is 0.138 e. The van der Waals surface area contributed by atoms with Crippen LogP contribution in [0.15, 0.2) is 37.1 Å². The van der Waals surface area contributed by atoms with Crippen LogP contribution < -0.4 is 5.32 Å². The third-order valence-electron chi connectivity index (χ3n) is 4.68. The number of nitrogens with zero attached hydrogens (tertiary/aromatic N) is 3. The zero-order valence-electron chi connectivity index (χ0n) is 13.5. The lowest BCUT2D eigenvalue weighted by Gasteiger charge is -2.52. The van der Waals surface area contributed by atoms with Crippen molar-refractivity contribution in [1.82, 2.24) is 19.9 Å². The van der Waals surface area contributed by atoms with Gasteiger partial charge in [0.2, 0.25) is 0 Å². The molecule has 1 N–H and O–H groups in total. The van der Waals surface area contributed by atoms with Gasteiger partial charge in [-0.1, -0.05) is 13.8 Å². The van der Waals surface area contributed by atoms with Crippen molar-refractivity contribution < 1.29 is 4.74 Å². The molecule has 118 valence electrons.